The number of rotatable bonds is 8. The molecule has 158 valence electrons. The molecule has 0 aliphatic heterocycles. The van der Waals surface area contributed by atoms with Crippen LogP contribution in [0.4, 0.5) is 0 Å². The molecule has 3 aromatic rings. The third-order valence-electron chi connectivity index (χ3n) is 4.90. The molecule has 0 bridgehead atoms. The summed E-state index contributed by atoms with van der Waals surface area (Å²) in [5.41, 5.74) is 2.09. The van der Waals surface area contributed by atoms with Gasteiger partial charge in [-0.2, -0.15) is 0 Å². The van der Waals surface area contributed by atoms with E-state index in [-0.39, 0.29) is 13.2 Å². The third kappa shape index (κ3) is 4.32. The largest absolute Gasteiger partial charge is 0.481 e. The molecule has 0 aromatic heterocycles. The SMILES string of the molecule is CCOC(=O)COc1c2ccccc2c(OCC(=O)OCC)c2c(C)c(C)ccc12. The second-order valence-corrected chi connectivity index (χ2v) is 6.82. The summed E-state index contributed by atoms with van der Waals surface area (Å²) in [6.07, 6.45) is 0. The van der Waals surface area contributed by atoms with Crippen LogP contribution >= 0.6 is 0 Å². The lowest BCUT2D eigenvalue weighted by Gasteiger charge is -2.19. The first kappa shape index (κ1) is 21.4. The van der Waals surface area contributed by atoms with E-state index >= 15 is 0 Å². The van der Waals surface area contributed by atoms with Gasteiger partial charge in [-0.1, -0.05) is 36.4 Å². The van der Waals surface area contributed by atoms with Crippen LogP contribution in [0, 0.1) is 13.8 Å². The Balaban J connectivity index is 2.19. The summed E-state index contributed by atoms with van der Waals surface area (Å²) in [5, 5.41) is 3.23. The van der Waals surface area contributed by atoms with Crippen molar-refractivity contribution < 1.29 is 28.5 Å². The summed E-state index contributed by atoms with van der Waals surface area (Å²) >= 11 is 0. The Morgan fingerprint density at radius 3 is 1.83 bits per heavy atom. The fourth-order valence-corrected chi connectivity index (χ4v) is 3.43. The van der Waals surface area contributed by atoms with Crippen LogP contribution in [-0.4, -0.2) is 38.4 Å². The highest BCUT2D eigenvalue weighted by molar-refractivity contribution is 6.12. The third-order valence-corrected chi connectivity index (χ3v) is 4.90. The zero-order chi connectivity index (χ0) is 21.7. The van der Waals surface area contributed by atoms with Gasteiger partial charge in [0.1, 0.15) is 11.5 Å². The Labute approximate surface area is 175 Å². The molecule has 0 atom stereocenters. The molecule has 0 saturated heterocycles. The molecule has 3 aromatic carbocycles. The molecule has 0 aliphatic rings. The normalized spacial score (nSPS) is 10.8. The standard InChI is InChI=1S/C24H26O6/c1-5-27-20(25)13-29-23-17-9-7-8-10-18(17)24(30-14-21(26)28-6-2)22-16(4)15(3)11-12-19(22)23/h7-12H,5-6,13-14H2,1-4H3. The number of esters is 2. The van der Waals surface area contributed by atoms with Crippen molar-refractivity contribution >= 4 is 33.5 Å². The molecule has 6 heteroatoms. The van der Waals surface area contributed by atoms with Crippen molar-refractivity contribution in [1.29, 1.82) is 0 Å². The van der Waals surface area contributed by atoms with Gasteiger partial charge in [0.15, 0.2) is 13.2 Å². The summed E-state index contributed by atoms with van der Waals surface area (Å²) < 4.78 is 21.9. The van der Waals surface area contributed by atoms with Crippen LogP contribution < -0.4 is 9.47 Å². The fourth-order valence-electron chi connectivity index (χ4n) is 3.43. The van der Waals surface area contributed by atoms with Crippen LogP contribution in [0.3, 0.4) is 0 Å². The Morgan fingerprint density at radius 1 is 0.733 bits per heavy atom. The van der Waals surface area contributed by atoms with E-state index < -0.39 is 11.9 Å². The van der Waals surface area contributed by atoms with Crippen molar-refractivity contribution in [2.24, 2.45) is 0 Å². The van der Waals surface area contributed by atoms with E-state index in [0.717, 1.165) is 32.7 Å². The number of ether oxygens (including phenoxy) is 4. The minimum absolute atomic E-state index is 0.191. The number of fused-ring (bicyclic) bond motifs is 2. The van der Waals surface area contributed by atoms with Gasteiger partial charge in [0.05, 0.1) is 13.2 Å². The number of hydrogen-bond acceptors (Lipinski definition) is 6. The van der Waals surface area contributed by atoms with Crippen LogP contribution in [0.1, 0.15) is 25.0 Å². The van der Waals surface area contributed by atoms with E-state index in [2.05, 4.69) is 0 Å². The average molecular weight is 410 g/mol. The summed E-state index contributed by atoms with van der Waals surface area (Å²) in [7, 11) is 0. The molecule has 0 N–H and O–H groups in total. The topological polar surface area (TPSA) is 71.1 Å². The first-order chi connectivity index (χ1) is 14.5. The van der Waals surface area contributed by atoms with Gasteiger partial charge in [-0.3, -0.25) is 0 Å². The molecule has 3 rings (SSSR count). The Kier molecular flexibility index (Phi) is 6.77. The Morgan fingerprint density at radius 2 is 1.27 bits per heavy atom. The molecule has 30 heavy (non-hydrogen) atoms. The number of benzene rings is 3. The number of carbonyl (C=O) groups excluding carboxylic acids is 2. The lowest BCUT2D eigenvalue weighted by atomic mass is 9.95. The van der Waals surface area contributed by atoms with Crippen LogP contribution in [-0.2, 0) is 19.1 Å². The predicted molar refractivity (Wildman–Crippen MR) is 115 cm³/mol. The quantitative estimate of drug-likeness (QED) is 0.402. The van der Waals surface area contributed by atoms with Crippen LogP contribution in [0.25, 0.3) is 21.5 Å². The molecule has 0 fully saturated rings. The van der Waals surface area contributed by atoms with Gasteiger partial charge in [0, 0.05) is 21.5 Å². The lowest BCUT2D eigenvalue weighted by Crippen LogP contribution is -2.16. The maximum Gasteiger partial charge on any atom is 0.344 e. The first-order valence-electron chi connectivity index (χ1n) is 9.99. The van der Waals surface area contributed by atoms with Crippen LogP contribution in [0.2, 0.25) is 0 Å². The van der Waals surface area contributed by atoms with E-state index in [1.165, 1.54) is 0 Å². The summed E-state index contributed by atoms with van der Waals surface area (Å²) in [6, 6.07) is 11.5. The summed E-state index contributed by atoms with van der Waals surface area (Å²) in [6.45, 7) is 7.73. The van der Waals surface area contributed by atoms with E-state index in [0.29, 0.717) is 24.7 Å². The van der Waals surface area contributed by atoms with Crippen molar-refractivity contribution in [3.8, 4) is 11.5 Å². The smallest absolute Gasteiger partial charge is 0.344 e. The fraction of sp³-hybridized carbons (Fsp3) is 0.333. The number of carbonyl (C=O) groups is 2. The first-order valence-corrected chi connectivity index (χ1v) is 9.99. The molecule has 0 heterocycles. The monoisotopic (exact) mass is 410 g/mol. The van der Waals surface area contributed by atoms with E-state index in [1.807, 2.05) is 50.2 Å². The maximum atomic E-state index is 11.9. The molecule has 0 unspecified atom stereocenters. The Bertz CT molecular complexity index is 1090. The maximum absolute atomic E-state index is 11.9. The number of aryl methyl sites for hydroxylation is 2. The highest BCUT2D eigenvalue weighted by Gasteiger charge is 2.20. The van der Waals surface area contributed by atoms with Crippen molar-refractivity contribution in [3.05, 3.63) is 47.5 Å². The summed E-state index contributed by atoms with van der Waals surface area (Å²) in [4.78, 5) is 23.8. The molecule has 0 aliphatic carbocycles. The highest BCUT2D eigenvalue weighted by Crippen LogP contribution is 2.44. The minimum atomic E-state index is -0.429. The van der Waals surface area contributed by atoms with Crippen LogP contribution in [0.15, 0.2) is 36.4 Å². The molecule has 0 spiro atoms. The molecule has 0 amide bonds. The van der Waals surface area contributed by atoms with Gasteiger partial charge in [0.2, 0.25) is 0 Å². The van der Waals surface area contributed by atoms with Gasteiger partial charge in [-0.15, -0.1) is 0 Å². The zero-order valence-corrected chi connectivity index (χ0v) is 17.7. The van der Waals surface area contributed by atoms with Crippen molar-refractivity contribution in [2.45, 2.75) is 27.7 Å². The minimum Gasteiger partial charge on any atom is -0.481 e. The molecule has 0 saturated carbocycles. The van der Waals surface area contributed by atoms with E-state index in [9.17, 15) is 9.59 Å². The van der Waals surface area contributed by atoms with Crippen molar-refractivity contribution in [3.63, 3.8) is 0 Å². The van der Waals surface area contributed by atoms with Crippen LogP contribution in [0.5, 0.6) is 11.5 Å². The lowest BCUT2D eigenvalue weighted by molar-refractivity contribution is -0.146. The second kappa shape index (κ2) is 9.48. The highest BCUT2D eigenvalue weighted by atomic mass is 16.6. The van der Waals surface area contributed by atoms with Gasteiger partial charge >= 0.3 is 11.9 Å². The summed E-state index contributed by atoms with van der Waals surface area (Å²) in [5.74, 6) is 0.322. The molecular weight excluding hydrogens is 384 g/mol. The second-order valence-electron chi connectivity index (χ2n) is 6.82. The number of hydrogen-bond donors (Lipinski definition) is 0. The van der Waals surface area contributed by atoms with E-state index in [4.69, 9.17) is 18.9 Å². The van der Waals surface area contributed by atoms with Gasteiger partial charge in [0.25, 0.3) is 0 Å². The van der Waals surface area contributed by atoms with Crippen molar-refractivity contribution in [2.75, 3.05) is 26.4 Å². The average Bonchev–Trinajstić information content (AvgIpc) is 2.73. The van der Waals surface area contributed by atoms with E-state index in [1.54, 1.807) is 13.8 Å². The van der Waals surface area contributed by atoms with Crippen molar-refractivity contribution in [1.82, 2.24) is 0 Å². The van der Waals surface area contributed by atoms with Gasteiger partial charge < -0.3 is 18.9 Å². The molecule has 0 radical (unpaired) electrons. The Hall–Kier alpha value is -3.28. The zero-order valence-electron chi connectivity index (χ0n) is 17.7. The molecule has 6 nitrogen and oxygen atoms in total. The van der Waals surface area contributed by atoms with Gasteiger partial charge in [-0.05, 0) is 38.8 Å². The molecular formula is C24H26O6. The predicted octanol–water partition coefficient (Wildman–Crippen LogP) is 4.49. The van der Waals surface area contributed by atoms with Gasteiger partial charge in [-0.25, -0.2) is 9.59 Å².